The van der Waals surface area contributed by atoms with Crippen LogP contribution in [0.25, 0.3) is 0 Å². The molecule has 2 aliphatic rings. The summed E-state index contributed by atoms with van der Waals surface area (Å²) in [5, 5.41) is 12.3. The molecule has 174 valence electrons. The van der Waals surface area contributed by atoms with Gasteiger partial charge in [0.1, 0.15) is 0 Å². The van der Waals surface area contributed by atoms with Crippen LogP contribution in [0.3, 0.4) is 0 Å². The predicted octanol–water partition coefficient (Wildman–Crippen LogP) is 6.99. The Bertz CT molecular complexity index is 680. The fourth-order valence-corrected chi connectivity index (χ4v) is 7.19. The number of amides is 1. The van der Waals surface area contributed by atoms with Gasteiger partial charge in [-0.2, -0.15) is 0 Å². The molecule has 2 N–H and O–H groups in total. The van der Waals surface area contributed by atoms with Crippen LogP contribution in [-0.2, 0) is 9.59 Å². The number of carboxylic acid groups (broad SMARTS) is 1. The van der Waals surface area contributed by atoms with E-state index in [0.717, 1.165) is 22.5 Å². The van der Waals surface area contributed by atoms with Crippen molar-refractivity contribution in [2.75, 3.05) is 11.1 Å². The van der Waals surface area contributed by atoms with Gasteiger partial charge in [-0.05, 0) is 30.6 Å². The minimum atomic E-state index is -0.790. The molecule has 1 heterocycles. The molecule has 5 nitrogen and oxygen atoms in total. The normalized spacial score (nSPS) is 19.6. The average molecular weight is 467 g/mol. The van der Waals surface area contributed by atoms with Crippen LogP contribution in [0.5, 0.6) is 0 Å². The minimum Gasteiger partial charge on any atom is -0.481 e. The van der Waals surface area contributed by atoms with E-state index in [4.69, 9.17) is 5.11 Å². The number of aliphatic carboxylic acids is 1. The average Bonchev–Trinajstić information content (AvgIpc) is 3.03. The van der Waals surface area contributed by atoms with E-state index in [-0.39, 0.29) is 12.3 Å². The van der Waals surface area contributed by atoms with Gasteiger partial charge in [-0.25, -0.2) is 4.98 Å². The summed E-state index contributed by atoms with van der Waals surface area (Å²) in [6.45, 7) is 0. The molecule has 0 radical (unpaired) electrons. The maximum Gasteiger partial charge on any atom is 0.304 e. The maximum atomic E-state index is 12.6. The number of thiazole rings is 1. The summed E-state index contributed by atoms with van der Waals surface area (Å²) >= 11 is 2.91. The molecular weight excluding hydrogens is 428 g/mol. The summed E-state index contributed by atoms with van der Waals surface area (Å²) in [7, 11) is 0. The van der Waals surface area contributed by atoms with Crippen LogP contribution in [0.4, 0.5) is 5.13 Å². The highest BCUT2D eigenvalue weighted by atomic mass is 32.2. The van der Waals surface area contributed by atoms with Gasteiger partial charge in [-0.3, -0.25) is 9.59 Å². The number of hydrogen-bond acceptors (Lipinski definition) is 5. The Labute approximate surface area is 195 Å². The standard InChI is InChI=1S/C24H38N2O3S2/c27-21(26-24-25-17-23(31-24)30-15-14-22(28)29)13-12-20(19-10-6-3-7-11-19)16-18-8-4-1-2-5-9-18/h17-20H,1-16H2,(H,28,29)(H,25,26,27). The Morgan fingerprint density at radius 2 is 1.74 bits per heavy atom. The molecule has 2 aliphatic carbocycles. The van der Waals surface area contributed by atoms with Crippen LogP contribution in [0.2, 0.25) is 0 Å². The fraction of sp³-hybridized carbons (Fsp3) is 0.792. The molecule has 1 atom stereocenters. The zero-order valence-corrected chi connectivity index (χ0v) is 20.3. The number of rotatable bonds is 11. The van der Waals surface area contributed by atoms with Crippen molar-refractivity contribution in [2.24, 2.45) is 17.8 Å². The molecule has 1 aromatic heterocycles. The van der Waals surface area contributed by atoms with Gasteiger partial charge in [0.15, 0.2) is 5.13 Å². The Balaban J connectivity index is 1.47. The van der Waals surface area contributed by atoms with Gasteiger partial charge in [-0.15, -0.1) is 11.8 Å². The van der Waals surface area contributed by atoms with E-state index in [0.29, 0.717) is 23.2 Å². The van der Waals surface area contributed by atoms with Crippen molar-refractivity contribution >= 4 is 40.1 Å². The lowest BCUT2D eigenvalue weighted by molar-refractivity contribution is -0.136. The first kappa shape index (κ1) is 24.6. The van der Waals surface area contributed by atoms with Crippen LogP contribution in [0.1, 0.15) is 96.3 Å². The van der Waals surface area contributed by atoms with Gasteiger partial charge < -0.3 is 10.4 Å². The van der Waals surface area contributed by atoms with Gasteiger partial charge in [-0.1, -0.05) is 82.0 Å². The van der Waals surface area contributed by atoms with E-state index < -0.39 is 5.97 Å². The van der Waals surface area contributed by atoms with Gasteiger partial charge in [0.2, 0.25) is 5.91 Å². The van der Waals surface area contributed by atoms with E-state index in [9.17, 15) is 9.59 Å². The highest BCUT2D eigenvalue weighted by molar-refractivity contribution is 8.01. The number of anilines is 1. The summed E-state index contributed by atoms with van der Waals surface area (Å²) in [6, 6.07) is 0. The monoisotopic (exact) mass is 466 g/mol. The van der Waals surface area contributed by atoms with Crippen molar-refractivity contribution < 1.29 is 14.7 Å². The van der Waals surface area contributed by atoms with E-state index in [1.165, 1.54) is 100 Å². The topological polar surface area (TPSA) is 79.3 Å². The summed E-state index contributed by atoms with van der Waals surface area (Å²) in [5.74, 6) is 2.16. The number of carboxylic acids is 1. The zero-order valence-electron chi connectivity index (χ0n) is 18.7. The highest BCUT2D eigenvalue weighted by Crippen LogP contribution is 2.39. The third-order valence-electron chi connectivity index (χ3n) is 6.96. The predicted molar refractivity (Wildman–Crippen MR) is 129 cm³/mol. The molecule has 1 aromatic rings. The van der Waals surface area contributed by atoms with Crippen molar-refractivity contribution in [1.82, 2.24) is 4.98 Å². The van der Waals surface area contributed by atoms with Gasteiger partial charge in [0.25, 0.3) is 0 Å². The van der Waals surface area contributed by atoms with Gasteiger partial charge >= 0.3 is 5.97 Å². The number of thioether (sulfide) groups is 1. The van der Waals surface area contributed by atoms with Crippen LogP contribution in [-0.4, -0.2) is 27.7 Å². The van der Waals surface area contributed by atoms with Crippen LogP contribution < -0.4 is 5.32 Å². The molecule has 1 unspecified atom stereocenters. The molecule has 0 aromatic carbocycles. The van der Waals surface area contributed by atoms with E-state index >= 15 is 0 Å². The Morgan fingerprint density at radius 3 is 2.45 bits per heavy atom. The largest absolute Gasteiger partial charge is 0.481 e. The quantitative estimate of drug-likeness (QED) is 0.271. The van der Waals surface area contributed by atoms with Crippen molar-refractivity contribution in [3.05, 3.63) is 6.20 Å². The van der Waals surface area contributed by atoms with Crippen LogP contribution in [0, 0.1) is 17.8 Å². The number of carbonyl (C=O) groups is 2. The lowest BCUT2D eigenvalue weighted by Gasteiger charge is -2.32. The molecule has 2 fully saturated rings. The molecular formula is C24H38N2O3S2. The van der Waals surface area contributed by atoms with Crippen molar-refractivity contribution in [3.63, 3.8) is 0 Å². The number of carbonyl (C=O) groups excluding carboxylic acids is 1. The summed E-state index contributed by atoms with van der Waals surface area (Å²) < 4.78 is 0.949. The van der Waals surface area contributed by atoms with Gasteiger partial charge in [0, 0.05) is 12.2 Å². The second kappa shape index (κ2) is 13.5. The van der Waals surface area contributed by atoms with E-state index in [1.807, 2.05) is 0 Å². The Hall–Kier alpha value is -1.08. The third kappa shape index (κ3) is 9.13. The summed E-state index contributed by atoms with van der Waals surface area (Å²) in [6.07, 6.45) is 19.9. The second-order valence-electron chi connectivity index (χ2n) is 9.31. The van der Waals surface area contributed by atoms with E-state index in [1.54, 1.807) is 6.20 Å². The summed E-state index contributed by atoms with van der Waals surface area (Å²) in [5.41, 5.74) is 0. The minimum absolute atomic E-state index is 0.0677. The second-order valence-corrected chi connectivity index (χ2v) is 11.7. The summed E-state index contributed by atoms with van der Waals surface area (Å²) in [4.78, 5) is 27.6. The molecule has 0 spiro atoms. The van der Waals surface area contributed by atoms with E-state index in [2.05, 4.69) is 10.3 Å². The lowest BCUT2D eigenvalue weighted by atomic mass is 9.73. The third-order valence-corrected chi connectivity index (χ3v) is 9.07. The number of nitrogens with zero attached hydrogens (tertiary/aromatic N) is 1. The zero-order chi connectivity index (χ0) is 21.9. The molecule has 0 bridgehead atoms. The van der Waals surface area contributed by atoms with Crippen molar-refractivity contribution in [1.29, 1.82) is 0 Å². The molecule has 7 heteroatoms. The number of aromatic nitrogens is 1. The smallest absolute Gasteiger partial charge is 0.304 e. The van der Waals surface area contributed by atoms with Crippen molar-refractivity contribution in [2.45, 2.75) is 101 Å². The van der Waals surface area contributed by atoms with Crippen molar-refractivity contribution in [3.8, 4) is 0 Å². The highest BCUT2D eigenvalue weighted by Gasteiger charge is 2.27. The SMILES string of the molecule is O=C(O)CCSc1cnc(NC(=O)CCC(CC2CCCCCC2)C2CCCCC2)s1. The Kier molecular flexibility index (Phi) is 10.7. The molecule has 0 saturated heterocycles. The van der Waals surface area contributed by atoms with Gasteiger partial charge in [0.05, 0.1) is 16.8 Å². The molecule has 2 saturated carbocycles. The first-order valence-corrected chi connectivity index (χ1v) is 14.0. The molecule has 1 amide bonds. The molecule has 31 heavy (non-hydrogen) atoms. The first-order valence-electron chi connectivity index (χ1n) is 12.2. The molecule has 0 aliphatic heterocycles. The number of hydrogen-bond donors (Lipinski definition) is 2. The maximum absolute atomic E-state index is 12.6. The number of nitrogens with one attached hydrogen (secondary N) is 1. The lowest BCUT2D eigenvalue weighted by Crippen LogP contribution is -2.23. The fourth-order valence-electron chi connectivity index (χ4n) is 5.30. The Morgan fingerprint density at radius 1 is 1.06 bits per heavy atom. The first-order chi connectivity index (χ1) is 15.1. The molecule has 3 rings (SSSR count). The van der Waals surface area contributed by atoms with Crippen LogP contribution in [0.15, 0.2) is 10.4 Å². The van der Waals surface area contributed by atoms with Crippen LogP contribution >= 0.6 is 23.1 Å².